The highest BCUT2D eigenvalue weighted by Gasteiger charge is 2.15. The fraction of sp³-hybridized carbons (Fsp3) is 0.150. The molecule has 28 heavy (non-hydrogen) atoms. The van der Waals surface area contributed by atoms with Gasteiger partial charge in [0.15, 0.2) is 12.3 Å². The minimum absolute atomic E-state index is 0.153. The van der Waals surface area contributed by atoms with Gasteiger partial charge in [-0.15, -0.1) is 11.3 Å². The average Bonchev–Trinajstić information content (AvgIpc) is 3.21. The van der Waals surface area contributed by atoms with Crippen LogP contribution in [0.25, 0.3) is 10.6 Å². The number of thiazole rings is 1. The standard InChI is InChI=1S/C20H17ClN2O4S/c21-15-6-4-5-14(11-15)19-23-17(13-28-19)20(25)27-12-18(24)22-9-10-26-16-7-2-1-3-8-16/h1-8,11,13H,9-10,12H2,(H,22,24). The van der Waals surface area contributed by atoms with Crippen LogP contribution in [0.1, 0.15) is 10.5 Å². The predicted molar refractivity (Wildman–Crippen MR) is 108 cm³/mol. The van der Waals surface area contributed by atoms with Crippen molar-refractivity contribution in [2.24, 2.45) is 0 Å². The van der Waals surface area contributed by atoms with E-state index in [0.717, 1.165) is 11.3 Å². The van der Waals surface area contributed by atoms with Gasteiger partial charge in [0.05, 0.1) is 6.54 Å². The second kappa shape index (κ2) is 9.87. The molecule has 0 saturated heterocycles. The minimum atomic E-state index is -0.653. The lowest BCUT2D eigenvalue weighted by Crippen LogP contribution is -2.32. The molecule has 3 aromatic rings. The summed E-state index contributed by atoms with van der Waals surface area (Å²) in [5.41, 5.74) is 0.966. The Kier molecular flexibility index (Phi) is 7.00. The van der Waals surface area contributed by atoms with Crippen molar-refractivity contribution < 1.29 is 19.1 Å². The normalized spacial score (nSPS) is 10.3. The maximum Gasteiger partial charge on any atom is 0.358 e. The summed E-state index contributed by atoms with van der Waals surface area (Å²) in [7, 11) is 0. The quantitative estimate of drug-likeness (QED) is 0.446. The van der Waals surface area contributed by atoms with E-state index in [1.807, 2.05) is 42.5 Å². The summed E-state index contributed by atoms with van der Waals surface area (Å²) in [6.45, 7) is 0.244. The number of amides is 1. The molecule has 6 nitrogen and oxygen atoms in total. The molecule has 144 valence electrons. The number of ether oxygens (including phenoxy) is 2. The molecule has 8 heteroatoms. The number of benzene rings is 2. The van der Waals surface area contributed by atoms with Gasteiger partial charge in [0, 0.05) is 16.0 Å². The molecule has 2 aromatic carbocycles. The second-order valence-corrected chi connectivity index (χ2v) is 6.93. The van der Waals surface area contributed by atoms with E-state index in [1.165, 1.54) is 11.3 Å². The van der Waals surface area contributed by atoms with Crippen LogP contribution in [-0.4, -0.2) is 36.6 Å². The van der Waals surface area contributed by atoms with Crippen LogP contribution in [0, 0.1) is 0 Å². The highest BCUT2D eigenvalue weighted by molar-refractivity contribution is 7.13. The van der Waals surface area contributed by atoms with Gasteiger partial charge in [-0.1, -0.05) is 41.9 Å². The third kappa shape index (κ3) is 5.80. The summed E-state index contributed by atoms with van der Waals surface area (Å²) in [6.07, 6.45) is 0. The zero-order valence-corrected chi connectivity index (χ0v) is 16.3. The number of aromatic nitrogens is 1. The van der Waals surface area contributed by atoms with Gasteiger partial charge >= 0.3 is 5.97 Å². The van der Waals surface area contributed by atoms with Crippen molar-refractivity contribution >= 4 is 34.8 Å². The Morgan fingerprint density at radius 1 is 1.11 bits per heavy atom. The van der Waals surface area contributed by atoms with Crippen molar-refractivity contribution in [3.63, 3.8) is 0 Å². The van der Waals surface area contributed by atoms with Crippen LogP contribution in [0.5, 0.6) is 5.75 Å². The highest BCUT2D eigenvalue weighted by Crippen LogP contribution is 2.26. The third-order valence-electron chi connectivity index (χ3n) is 3.56. The van der Waals surface area contributed by atoms with Crippen LogP contribution in [0.3, 0.4) is 0 Å². The average molecular weight is 417 g/mol. The SMILES string of the molecule is O=C(COC(=O)c1csc(-c2cccc(Cl)c2)n1)NCCOc1ccccc1. The Balaban J connectivity index is 1.41. The first-order valence-electron chi connectivity index (χ1n) is 8.45. The Morgan fingerprint density at radius 3 is 2.71 bits per heavy atom. The number of rotatable bonds is 8. The van der Waals surface area contributed by atoms with Gasteiger partial charge in [-0.05, 0) is 24.3 Å². The van der Waals surface area contributed by atoms with Gasteiger partial charge < -0.3 is 14.8 Å². The largest absolute Gasteiger partial charge is 0.492 e. The molecule has 0 radical (unpaired) electrons. The molecule has 0 saturated carbocycles. The van der Waals surface area contributed by atoms with Crippen LogP contribution in [-0.2, 0) is 9.53 Å². The molecule has 1 heterocycles. The molecule has 0 aliphatic carbocycles. The van der Waals surface area contributed by atoms with E-state index in [9.17, 15) is 9.59 Å². The molecule has 0 fully saturated rings. The number of hydrogen-bond donors (Lipinski definition) is 1. The molecule has 0 aliphatic heterocycles. The molecule has 0 unspecified atom stereocenters. The summed E-state index contributed by atoms with van der Waals surface area (Å²) in [5.74, 6) is -0.335. The minimum Gasteiger partial charge on any atom is -0.492 e. The molecule has 0 spiro atoms. The molecular weight excluding hydrogens is 400 g/mol. The molecular formula is C20H17ClN2O4S. The maximum atomic E-state index is 12.1. The fourth-order valence-corrected chi connectivity index (χ4v) is 3.23. The Morgan fingerprint density at radius 2 is 1.93 bits per heavy atom. The molecule has 1 amide bonds. The third-order valence-corrected chi connectivity index (χ3v) is 4.68. The van der Waals surface area contributed by atoms with Crippen molar-refractivity contribution in [1.29, 1.82) is 0 Å². The number of halogens is 1. The van der Waals surface area contributed by atoms with E-state index in [4.69, 9.17) is 21.1 Å². The van der Waals surface area contributed by atoms with Gasteiger partial charge in [-0.3, -0.25) is 4.79 Å². The first-order valence-corrected chi connectivity index (χ1v) is 9.71. The van der Waals surface area contributed by atoms with E-state index >= 15 is 0 Å². The first kappa shape index (κ1) is 19.9. The molecule has 0 aliphatic rings. The van der Waals surface area contributed by atoms with Crippen LogP contribution in [0.4, 0.5) is 0 Å². The van der Waals surface area contributed by atoms with Crippen molar-refractivity contribution in [1.82, 2.24) is 10.3 Å². The van der Waals surface area contributed by atoms with Crippen LogP contribution < -0.4 is 10.1 Å². The number of esters is 1. The van der Waals surface area contributed by atoms with Crippen LogP contribution >= 0.6 is 22.9 Å². The first-order chi connectivity index (χ1) is 13.6. The maximum absolute atomic E-state index is 12.1. The topological polar surface area (TPSA) is 77.5 Å². The zero-order valence-electron chi connectivity index (χ0n) is 14.8. The lowest BCUT2D eigenvalue weighted by molar-refractivity contribution is -0.124. The summed E-state index contributed by atoms with van der Waals surface area (Å²) in [4.78, 5) is 28.1. The van der Waals surface area contributed by atoms with E-state index in [2.05, 4.69) is 10.3 Å². The van der Waals surface area contributed by atoms with Crippen LogP contribution in [0.15, 0.2) is 60.0 Å². The van der Waals surface area contributed by atoms with Crippen molar-refractivity contribution in [3.05, 3.63) is 70.7 Å². The Bertz CT molecular complexity index is 946. The molecule has 3 rings (SSSR count). The van der Waals surface area contributed by atoms with Gasteiger partial charge in [0.2, 0.25) is 0 Å². The Hall–Kier alpha value is -2.90. The molecule has 0 atom stereocenters. The number of nitrogens with one attached hydrogen (secondary N) is 1. The Labute approximate surface area is 171 Å². The van der Waals surface area contributed by atoms with Crippen molar-refractivity contribution in [3.8, 4) is 16.3 Å². The van der Waals surface area contributed by atoms with E-state index < -0.39 is 11.9 Å². The number of nitrogens with zero attached hydrogens (tertiary/aromatic N) is 1. The van der Waals surface area contributed by atoms with Crippen molar-refractivity contribution in [2.45, 2.75) is 0 Å². The predicted octanol–water partition coefficient (Wildman–Crippen LogP) is 3.82. The van der Waals surface area contributed by atoms with Gasteiger partial charge in [-0.25, -0.2) is 9.78 Å². The van der Waals surface area contributed by atoms with Gasteiger partial charge in [-0.2, -0.15) is 0 Å². The summed E-state index contributed by atoms with van der Waals surface area (Å²) in [5, 5.41) is 5.45. The van der Waals surface area contributed by atoms with Gasteiger partial charge in [0.25, 0.3) is 5.91 Å². The van der Waals surface area contributed by atoms with E-state index in [0.29, 0.717) is 23.2 Å². The van der Waals surface area contributed by atoms with Crippen molar-refractivity contribution in [2.75, 3.05) is 19.8 Å². The smallest absolute Gasteiger partial charge is 0.358 e. The van der Waals surface area contributed by atoms with E-state index in [1.54, 1.807) is 17.5 Å². The highest BCUT2D eigenvalue weighted by atomic mass is 35.5. The summed E-state index contributed by atoms with van der Waals surface area (Å²) < 4.78 is 10.5. The summed E-state index contributed by atoms with van der Waals surface area (Å²) >= 11 is 7.27. The van der Waals surface area contributed by atoms with Gasteiger partial charge in [0.1, 0.15) is 17.4 Å². The molecule has 1 aromatic heterocycles. The number of para-hydroxylation sites is 1. The monoisotopic (exact) mass is 416 g/mol. The van der Waals surface area contributed by atoms with E-state index in [-0.39, 0.29) is 12.3 Å². The number of carbonyl (C=O) groups excluding carboxylic acids is 2. The number of hydrogen-bond acceptors (Lipinski definition) is 6. The fourth-order valence-electron chi connectivity index (χ4n) is 2.25. The molecule has 1 N–H and O–H groups in total. The lowest BCUT2D eigenvalue weighted by atomic mass is 10.2. The molecule has 0 bridgehead atoms. The number of carbonyl (C=O) groups is 2. The second-order valence-electron chi connectivity index (χ2n) is 5.64. The zero-order chi connectivity index (χ0) is 19.8. The van der Waals surface area contributed by atoms with Crippen LogP contribution in [0.2, 0.25) is 5.02 Å². The lowest BCUT2D eigenvalue weighted by Gasteiger charge is -2.07. The summed E-state index contributed by atoms with van der Waals surface area (Å²) in [6, 6.07) is 16.5.